The zero-order valence-electron chi connectivity index (χ0n) is 10.9. The predicted octanol–water partition coefficient (Wildman–Crippen LogP) is 4.27. The molecule has 96 valence electrons. The smallest absolute Gasteiger partial charge is 0.257 e. The molecule has 0 bridgehead atoms. The molecule has 4 heteroatoms. The number of fused-ring (bicyclic) bond motifs is 3. The molecule has 0 unspecified atom stereocenters. The summed E-state index contributed by atoms with van der Waals surface area (Å²) in [6.45, 7) is 7.85. The Morgan fingerprint density at radius 3 is 2.95 bits per heavy atom. The van der Waals surface area contributed by atoms with Crippen LogP contribution in [0.2, 0.25) is 0 Å². The summed E-state index contributed by atoms with van der Waals surface area (Å²) in [5.74, 6) is 0.788. The minimum atomic E-state index is 0.671. The van der Waals surface area contributed by atoms with E-state index in [4.69, 9.17) is 4.42 Å². The van der Waals surface area contributed by atoms with Gasteiger partial charge in [-0.25, -0.2) is 4.98 Å². The molecule has 0 fully saturated rings. The highest BCUT2D eigenvalue weighted by Crippen LogP contribution is 2.30. The first kappa shape index (κ1) is 12.2. The van der Waals surface area contributed by atoms with Gasteiger partial charge in [-0.15, -0.1) is 6.58 Å². The van der Waals surface area contributed by atoms with Gasteiger partial charge in [0, 0.05) is 11.1 Å². The first-order chi connectivity index (χ1) is 9.19. The van der Waals surface area contributed by atoms with E-state index in [0.29, 0.717) is 5.22 Å². The maximum Gasteiger partial charge on any atom is 0.257 e. The third-order valence-corrected chi connectivity index (χ3v) is 3.79. The molecule has 0 saturated carbocycles. The Bertz CT molecular complexity index is 777. The Balaban J connectivity index is 2.27. The van der Waals surface area contributed by atoms with Gasteiger partial charge in [0.25, 0.3) is 5.22 Å². The molecule has 3 aromatic rings. The van der Waals surface area contributed by atoms with E-state index in [1.165, 1.54) is 11.1 Å². The van der Waals surface area contributed by atoms with E-state index < -0.39 is 0 Å². The highest BCUT2D eigenvalue weighted by Gasteiger charge is 2.12. The van der Waals surface area contributed by atoms with Crippen molar-refractivity contribution in [2.75, 3.05) is 5.75 Å². The van der Waals surface area contributed by atoms with Gasteiger partial charge in [0.2, 0.25) is 0 Å². The van der Waals surface area contributed by atoms with Crippen LogP contribution in [0.1, 0.15) is 11.1 Å². The number of aryl methyl sites for hydroxylation is 2. The monoisotopic (exact) mass is 270 g/mol. The van der Waals surface area contributed by atoms with Crippen molar-refractivity contribution < 1.29 is 4.42 Å². The molecule has 0 aliphatic rings. The number of pyridine rings is 1. The van der Waals surface area contributed by atoms with Crippen molar-refractivity contribution in [2.45, 2.75) is 19.1 Å². The minimum Gasteiger partial charge on any atom is -0.431 e. The van der Waals surface area contributed by atoms with Gasteiger partial charge in [0.15, 0.2) is 5.58 Å². The molecular formula is C15H14N2OS. The van der Waals surface area contributed by atoms with Crippen LogP contribution in [0.5, 0.6) is 0 Å². The van der Waals surface area contributed by atoms with Crippen LogP contribution in [0.4, 0.5) is 0 Å². The summed E-state index contributed by atoms with van der Waals surface area (Å²) in [4.78, 5) is 8.92. The van der Waals surface area contributed by atoms with Gasteiger partial charge < -0.3 is 4.42 Å². The van der Waals surface area contributed by atoms with Crippen LogP contribution in [0.25, 0.3) is 22.0 Å². The van der Waals surface area contributed by atoms with Gasteiger partial charge in [-0.05, 0) is 31.0 Å². The zero-order chi connectivity index (χ0) is 13.4. The second-order valence-corrected chi connectivity index (χ2v) is 5.50. The van der Waals surface area contributed by atoms with Gasteiger partial charge in [-0.2, -0.15) is 0 Å². The molecular weight excluding hydrogens is 256 g/mol. The molecule has 1 aromatic carbocycles. The predicted molar refractivity (Wildman–Crippen MR) is 79.7 cm³/mol. The second kappa shape index (κ2) is 4.70. The van der Waals surface area contributed by atoms with E-state index in [2.05, 4.69) is 42.5 Å². The van der Waals surface area contributed by atoms with Crippen LogP contribution >= 0.6 is 11.8 Å². The van der Waals surface area contributed by atoms with Crippen LogP contribution in [-0.4, -0.2) is 15.7 Å². The SMILES string of the molecule is C=CCSc1nc2cnc3cc(C)cc(C)c3c2o1. The van der Waals surface area contributed by atoms with Crippen LogP contribution in [0.3, 0.4) is 0 Å². The summed E-state index contributed by atoms with van der Waals surface area (Å²) in [5, 5.41) is 1.73. The molecule has 0 aliphatic heterocycles. The van der Waals surface area contributed by atoms with E-state index in [0.717, 1.165) is 27.8 Å². The molecule has 0 radical (unpaired) electrons. The molecule has 3 rings (SSSR count). The van der Waals surface area contributed by atoms with Gasteiger partial charge in [-0.3, -0.25) is 4.98 Å². The second-order valence-electron chi connectivity index (χ2n) is 4.53. The first-order valence-electron chi connectivity index (χ1n) is 6.09. The van der Waals surface area contributed by atoms with Crippen molar-refractivity contribution in [1.82, 2.24) is 9.97 Å². The number of rotatable bonds is 3. The van der Waals surface area contributed by atoms with Crippen LogP contribution < -0.4 is 0 Å². The Kier molecular flexibility index (Phi) is 3.03. The molecule has 0 saturated heterocycles. The summed E-state index contributed by atoms with van der Waals surface area (Å²) in [6, 6.07) is 4.21. The largest absolute Gasteiger partial charge is 0.431 e. The lowest BCUT2D eigenvalue weighted by molar-refractivity contribution is 0.492. The maximum absolute atomic E-state index is 5.87. The van der Waals surface area contributed by atoms with Crippen molar-refractivity contribution in [3.63, 3.8) is 0 Å². The normalized spacial score (nSPS) is 11.3. The third kappa shape index (κ3) is 2.12. The number of aromatic nitrogens is 2. The lowest BCUT2D eigenvalue weighted by Crippen LogP contribution is -1.85. The van der Waals surface area contributed by atoms with Crippen molar-refractivity contribution in [3.8, 4) is 0 Å². The summed E-state index contributed by atoms with van der Waals surface area (Å²) in [6.07, 6.45) is 3.61. The molecule has 0 spiro atoms. The average molecular weight is 270 g/mol. The summed E-state index contributed by atoms with van der Waals surface area (Å²) < 4.78 is 5.87. The number of nitrogens with zero attached hydrogens (tertiary/aromatic N) is 2. The highest BCUT2D eigenvalue weighted by molar-refractivity contribution is 7.99. The fourth-order valence-corrected chi connectivity index (χ4v) is 2.81. The fourth-order valence-electron chi connectivity index (χ4n) is 2.24. The van der Waals surface area contributed by atoms with Gasteiger partial charge >= 0.3 is 0 Å². The van der Waals surface area contributed by atoms with E-state index in [9.17, 15) is 0 Å². The lowest BCUT2D eigenvalue weighted by Gasteiger charge is -2.03. The molecule has 19 heavy (non-hydrogen) atoms. The van der Waals surface area contributed by atoms with Crippen LogP contribution in [0, 0.1) is 13.8 Å². The number of hydrogen-bond donors (Lipinski definition) is 0. The molecule has 0 amide bonds. The van der Waals surface area contributed by atoms with Gasteiger partial charge in [-0.1, -0.05) is 23.9 Å². The summed E-state index contributed by atoms with van der Waals surface area (Å²) >= 11 is 1.54. The van der Waals surface area contributed by atoms with E-state index in [1.807, 2.05) is 6.08 Å². The van der Waals surface area contributed by atoms with Crippen molar-refractivity contribution >= 4 is 33.8 Å². The van der Waals surface area contributed by atoms with Crippen LogP contribution in [-0.2, 0) is 0 Å². The topological polar surface area (TPSA) is 38.9 Å². The first-order valence-corrected chi connectivity index (χ1v) is 7.08. The Morgan fingerprint density at radius 2 is 2.16 bits per heavy atom. The molecule has 3 nitrogen and oxygen atoms in total. The number of hydrogen-bond acceptors (Lipinski definition) is 4. The average Bonchev–Trinajstić information content (AvgIpc) is 2.78. The van der Waals surface area contributed by atoms with Crippen LogP contribution in [0.15, 0.2) is 40.6 Å². The van der Waals surface area contributed by atoms with Crippen molar-refractivity contribution in [3.05, 3.63) is 42.1 Å². The number of thioether (sulfide) groups is 1. The summed E-state index contributed by atoms with van der Waals surface area (Å²) in [7, 11) is 0. The van der Waals surface area contributed by atoms with E-state index >= 15 is 0 Å². The Labute approximate surface area is 115 Å². The lowest BCUT2D eigenvalue weighted by atomic mass is 10.1. The molecule has 0 N–H and O–H groups in total. The molecule has 2 aromatic heterocycles. The fraction of sp³-hybridized carbons (Fsp3) is 0.200. The number of oxazole rings is 1. The zero-order valence-corrected chi connectivity index (χ0v) is 11.8. The third-order valence-electron chi connectivity index (χ3n) is 2.97. The number of benzene rings is 1. The Hall–Kier alpha value is -1.81. The Morgan fingerprint density at radius 1 is 1.32 bits per heavy atom. The quantitative estimate of drug-likeness (QED) is 0.526. The molecule has 2 heterocycles. The standard InChI is InChI=1S/C15H14N2OS/c1-4-5-19-15-17-12-8-16-11-7-9(2)6-10(3)13(11)14(12)18-15/h4,6-8H,1,5H2,2-3H3. The van der Waals surface area contributed by atoms with E-state index in [1.54, 1.807) is 18.0 Å². The molecule has 0 atom stereocenters. The summed E-state index contributed by atoms with van der Waals surface area (Å²) in [5.41, 5.74) is 4.98. The van der Waals surface area contributed by atoms with Crippen molar-refractivity contribution in [1.29, 1.82) is 0 Å². The highest BCUT2D eigenvalue weighted by atomic mass is 32.2. The van der Waals surface area contributed by atoms with Gasteiger partial charge in [0.05, 0.1) is 11.7 Å². The molecule has 0 aliphatic carbocycles. The van der Waals surface area contributed by atoms with Gasteiger partial charge in [0.1, 0.15) is 5.52 Å². The van der Waals surface area contributed by atoms with E-state index in [-0.39, 0.29) is 0 Å². The minimum absolute atomic E-state index is 0.671. The van der Waals surface area contributed by atoms with Crippen molar-refractivity contribution in [2.24, 2.45) is 0 Å². The maximum atomic E-state index is 5.87.